The standard InChI is InChI=1S/C24H34N2O3S/c1-16(2)15-25-30(28,29)22-10-7-21(8-11-22)9-12-24(27)26-20(6)23-14-18(4)17(3)13-19(23)5/h7-8,10-11,13-14,16,20,25H,9,12,15H2,1-6H3,(H,26,27)/t20-/m0/s1. The third kappa shape index (κ3) is 6.67. The van der Waals surface area contributed by atoms with E-state index in [9.17, 15) is 13.2 Å². The molecule has 30 heavy (non-hydrogen) atoms. The minimum Gasteiger partial charge on any atom is -0.350 e. The highest BCUT2D eigenvalue weighted by molar-refractivity contribution is 7.89. The van der Waals surface area contributed by atoms with Gasteiger partial charge in [0.1, 0.15) is 0 Å². The van der Waals surface area contributed by atoms with Crippen molar-refractivity contribution in [3.05, 3.63) is 64.2 Å². The summed E-state index contributed by atoms with van der Waals surface area (Å²) < 4.78 is 27.1. The van der Waals surface area contributed by atoms with Crippen LogP contribution in [-0.4, -0.2) is 20.9 Å². The zero-order valence-corrected chi connectivity index (χ0v) is 19.7. The molecule has 0 fully saturated rings. The van der Waals surface area contributed by atoms with E-state index in [2.05, 4.69) is 42.9 Å². The predicted molar refractivity (Wildman–Crippen MR) is 122 cm³/mol. The summed E-state index contributed by atoms with van der Waals surface area (Å²) >= 11 is 0. The molecule has 0 spiro atoms. The molecule has 0 heterocycles. The second-order valence-electron chi connectivity index (χ2n) is 8.47. The average molecular weight is 431 g/mol. The number of hydrogen-bond donors (Lipinski definition) is 2. The molecule has 0 saturated carbocycles. The van der Waals surface area contributed by atoms with Crippen molar-refractivity contribution in [2.24, 2.45) is 5.92 Å². The van der Waals surface area contributed by atoms with Crippen molar-refractivity contribution in [2.75, 3.05) is 6.54 Å². The van der Waals surface area contributed by atoms with E-state index in [4.69, 9.17) is 0 Å². The van der Waals surface area contributed by atoms with Crippen molar-refractivity contribution >= 4 is 15.9 Å². The van der Waals surface area contributed by atoms with Crippen molar-refractivity contribution in [3.63, 3.8) is 0 Å². The summed E-state index contributed by atoms with van der Waals surface area (Å²) in [5.41, 5.74) is 5.71. The summed E-state index contributed by atoms with van der Waals surface area (Å²) in [6, 6.07) is 11.0. The van der Waals surface area contributed by atoms with Crippen LogP contribution in [0.4, 0.5) is 0 Å². The van der Waals surface area contributed by atoms with Gasteiger partial charge in [0.25, 0.3) is 0 Å². The third-order valence-electron chi connectivity index (χ3n) is 5.28. The fraction of sp³-hybridized carbons (Fsp3) is 0.458. The molecule has 0 aliphatic carbocycles. The molecule has 0 saturated heterocycles. The molecule has 6 heteroatoms. The minimum atomic E-state index is -3.49. The second-order valence-corrected chi connectivity index (χ2v) is 10.2. The van der Waals surface area contributed by atoms with Gasteiger partial charge >= 0.3 is 0 Å². The molecule has 0 aromatic heterocycles. The molecule has 5 nitrogen and oxygen atoms in total. The number of amides is 1. The van der Waals surface area contributed by atoms with E-state index in [1.54, 1.807) is 24.3 Å². The molecule has 164 valence electrons. The number of hydrogen-bond acceptors (Lipinski definition) is 3. The topological polar surface area (TPSA) is 75.3 Å². The van der Waals surface area contributed by atoms with Gasteiger partial charge in [-0.3, -0.25) is 4.79 Å². The smallest absolute Gasteiger partial charge is 0.240 e. The Kier molecular flexibility index (Phi) is 8.21. The van der Waals surface area contributed by atoms with Crippen molar-refractivity contribution in [1.29, 1.82) is 0 Å². The Balaban J connectivity index is 1.93. The highest BCUT2D eigenvalue weighted by atomic mass is 32.2. The number of carbonyl (C=O) groups is 1. The highest BCUT2D eigenvalue weighted by Crippen LogP contribution is 2.22. The molecule has 0 aliphatic rings. The molecule has 0 aliphatic heterocycles. The van der Waals surface area contributed by atoms with Gasteiger partial charge in [-0.25, -0.2) is 13.1 Å². The van der Waals surface area contributed by atoms with Crippen molar-refractivity contribution in [2.45, 2.75) is 65.3 Å². The normalized spacial score (nSPS) is 12.8. The predicted octanol–water partition coefficient (Wildman–Crippen LogP) is 4.36. The van der Waals surface area contributed by atoms with E-state index in [-0.39, 0.29) is 22.8 Å². The van der Waals surface area contributed by atoms with Gasteiger partial charge < -0.3 is 5.32 Å². The zero-order chi connectivity index (χ0) is 22.5. The molecule has 0 radical (unpaired) electrons. The number of aryl methyl sites for hydroxylation is 4. The van der Waals surface area contributed by atoms with Crippen LogP contribution in [0.15, 0.2) is 41.3 Å². The van der Waals surface area contributed by atoms with Crippen LogP contribution in [0, 0.1) is 26.7 Å². The first-order chi connectivity index (χ1) is 14.0. The molecule has 1 atom stereocenters. The first-order valence-electron chi connectivity index (χ1n) is 10.5. The quantitative estimate of drug-likeness (QED) is 0.621. The third-order valence-corrected chi connectivity index (χ3v) is 6.72. The first-order valence-corrected chi connectivity index (χ1v) is 11.9. The van der Waals surface area contributed by atoms with Crippen molar-refractivity contribution < 1.29 is 13.2 Å². The van der Waals surface area contributed by atoms with Crippen LogP contribution in [0.5, 0.6) is 0 Å². The van der Waals surface area contributed by atoms with Crippen LogP contribution in [0.1, 0.15) is 61.1 Å². The van der Waals surface area contributed by atoms with Crippen molar-refractivity contribution in [1.82, 2.24) is 10.0 Å². The molecule has 2 N–H and O–H groups in total. The summed E-state index contributed by atoms with van der Waals surface area (Å²) in [5, 5.41) is 3.07. The molecule has 2 rings (SSSR count). The summed E-state index contributed by atoms with van der Waals surface area (Å²) in [7, 11) is -3.49. The number of benzene rings is 2. The Morgan fingerprint density at radius 3 is 2.13 bits per heavy atom. The van der Waals surface area contributed by atoms with E-state index in [0.717, 1.165) is 11.1 Å². The zero-order valence-electron chi connectivity index (χ0n) is 18.9. The maximum Gasteiger partial charge on any atom is 0.240 e. The summed E-state index contributed by atoms with van der Waals surface area (Å²) in [5.74, 6) is 0.225. The van der Waals surface area contributed by atoms with Crippen LogP contribution < -0.4 is 10.0 Å². The van der Waals surface area contributed by atoms with Crippen molar-refractivity contribution in [3.8, 4) is 0 Å². The lowest BCUT2D eigenvalue weighted by Gasteiger charge is -2.18. The van der Waals surface area contributed by atoms with Gasteiger partial charge in [-0.2, -0.15) is 0 Å². The molecule has 2 aromatic rings. The monoisotopic (exact) mass is 430 g/mol. The van der Waals surface area contributed by atoms with Gasteiger partial charge in [0, 0.05) is 13.0 Å². The van der Waals surface area contributed by atoms with Crippen LogP contribution in [-0.2, 0) is 21.2 Å². The summed E-state index contributed by atoms with van der Waals surface area (Å²) in [6.07, 6.45) is 0.913. The van der Waals surface area contributed by atoms with Gasteiger partial charge in [-0.05, 0) is 80.0 Å². The first kappa shape index (κ1) is 24.1. The number of nitrogens with one attached hydrogen (secondary N) is 2. The van der Waals surface area contributed by atoms with E-state index >= 15 is 0 Å². The van der Waals surface area contributed by atoms with Gasteiger partial charge in [0.2, 0.25) is 15.9 Å². The number of sulfonamides is 1. The largest absolute Gasteiger partial charge is 0.350 e. The highest BCUT2D eigenvalue weighted by Gasteiger charge is 2.15. The van der Waals surface area contributed by atoms with Crippen LogP contribution in [0.2, 0.25) is 0 Å². The Bertz CT molecular complexity index is 980. The molecular formula is C24H34N2O3S. The molecular weight excluding hydrogens is 396 g/mol. The van der Waals surface area contributed by atoms with Gasteiger partial charge in [0.15, 0.2) is 0 Å². The maximum absolute atomic E-state index is 12.4. The van der Waals surface area contributed by atoms with Crippen LogP contribution in [0.25, 0.3) is 0 Å². The van der Waals surface area contributed by atoms with Gasteiger partial charge in [-0.15, -0.1) is 0 Å². The summed E-state index contributed by atoms with van der Waals surface area (Å²) in [6.45, 7) is 12.6. The Hall–Kier alpha value is -2.18. The average Bonchev–Trinajstić information content (AvgIpc) is 2.68. The lowest BCUT2D eigenvalue weighted by molar-refractivity contribution is -0.121. The fourth-order valence-corrected chi connectivity index (χ4v) is 4.51. The summed E-state index contributed by atoms with van der Waals surface area (Å²) in [4.78, 5) is 12.7. The van der Waals surface area contributed by atoms with E-state index in [0.29, 0.717) is 19.4 Å². The molecule has 1 amide bonds. The Morgan fingerprint density at radius 2 is 1.53 bits per heavy atom. The Labute approximate surface area is 181 Å². The SMILES string of the molecule is Cc1cc(C)c([C@H](C)NC(=O)CCc2ccc(S(=O)(=O)NCC(C)C)cc2)cc1C. The van der Waals surface area contributed by atoms with Gasteiger partial charge in [0.05, 0.1) is 10.9 Å². The van der Waals surface area contributed by atoms with E-state index in [1.807, 2.05) is 20.8 Å². The maximum atomic E-state index is 12.4. The van der Waals surface area contributed by atoms with Crippen LogP contribution in [0.3, 0.4) is 0 Å². The molecule has 0 unspecified atom stereocenters. The molecule has 2 aromatic carbocycles. The lowest BCUT2D eigenvalue weighted by atomic mass is 9.96. The van der Waals surface area contributed by atoms with Crippen LogP contribution >= 0.6 is 0 Å². The van der Waals surface area contributed by atoms with E-state index < -0.39 is 10.0 Å². The fourth-order valence-electron chi connectivity index (χ4n) is 3.29. The lowest BCUT2D eigenvalue weighted by Crippen LogP contribution is -2.27. The molecule has 0 bridgehead atoms. The van der Waals surface area contributed by atoms with E-state index in [1.165, 1.54) is 16.7 Å². The van der Waals surface area contributed by atoms with Gasteiger partial charge in [-0.1, -0.05) is 38.1 Å². The Morgan fingerprint density at radius 1 is 0.933 bits per heavy atom. The number of rotatable bonds is 9. The second kappa shape index (κ2) is 10.2. The number of carbonyl (C=O) groups excluding carboxylic acids is 1. The minimum absolute atomic E-state index is 0.0181.